The normalized spacial score (nSPS) is 15.3. The summed E-state index contributed by atoms with van der Waals surface area (Å²) in [6.45, 7) is 4.15. The van der Waals surface area contributed by atoms with Crippen LogP contribution in [0.3, 0.4) is 0 Å². The van der Waals surface area contributed by atoms with Gasteiger partial charge in [-0.1, -0.05) is 59.3 Å². The predicted molar refractivity (Wildman–Crippen MR) is 147 cm³/mol. The molecule has 0 aliphatic carbocycles. The van der Waals surface area contributed by atoms with E-state index in [1.54, 1.807) is 18.4 Å². The van der Waals surface area contributed by atoms with Crippen LogP contribution >= 0.6 is 34.3 Å². The highest BCUT2D eigenvalue weighted by molar-refractivity contribution is 7.10. The SMILES string of the molecule is CCOC(=O)C1=C(C)N=c2s/c(=C/c3ccccc3OCc3ccc(Cl)cc3)c(=O)n2[C@@H]1c1cccs1. The molecule has 2 aromatic heterocycles. The average molecular weight is 551 g/mol. The van der Waals surface area contributed by atoms with Crippen molar-refractivity contribution in [3.05, 3.63) is 118 Å². The molecule has 1 atom stereocenters. The highest BCUT2D eigenvalue weighted by atomic mass is 35.5. The number of esters is 1. The first-order chi connectivity index (χ1) is 18.0. The number of hydrogen-bond donors (Lipinski definition) is 0. The minimum absolute atomic E-state index is 0.219. The predicted octanol–water partition coefficient (Wildman–Crippen LogP) is 5.09. The van der Waals surface area contributed by atoms with Crippen LogP contribution in [0.4, 0.5) is 0 Å². The zero-order chi connectivity index (χ0) is 25.9. The van der Waals surface area contributed by atoms with E-state index in [0.717, 1.165) is 16.0 Å². The number of rotatable bonds is 7. The van der Waals surface area contributed by atoms with Crippen LogP contribution < -0.4 is 19.6 Å². The molecule has 0 spiro atoms. The number of fused-ring (bicyclic) bond motifs is 1. The summed E-state index contributed by atoms with van der Waals surface area (Å²) in [5, 5.41) is 2.60. The van der Waals surface area contributed by atoms with E-state index in [9.17, 15) is 9.59 Å². The van der Waals surface area contributed by atoms with Crippen molar-refractivity contribution in [2.24, 2.45) is 4.99 Å². The smallest absolute Gasteiger partial charge is 0.338 e. The maximum atomic E-state index is 13.7. The number of benzene rings is 2. The van der Waals surface area contributed by atoms with Crippen LogP contribution in [0.15, 0.2) is 87.1 Å². The van der Waals surface area contributed by atoms with Gasteiger partial charge in [0.15, 0.2) is 4.80 Å². The lowest BCUT2D eigenvalue weighted by atomic mass is 10.0. The lowest BCUT2D eigenvalue weighted by Crippen LogP contribution is -2.39. The number of carbonyl (C=O) groups is 1. The topological polar surface area (TPSA) is 69.9 Å². The number of nitrogens with zero attached hydrogens (tertiary/aromatic N) is 2. The molecule has 2 aromatic carbocycles. The number of carbonyl (C=O) groups excluding carboxylic acids is 1. The summed E-state index contributed by atoms with van der Waals surface area (Å²) in [6, 6.07) is 18.3. The lowest BCUT2D eigenvalue weighted by molar-refractivity contribution is -0.139. The molecule has 0 bridgehead atoms. The standard InChI is InChI=1S/C28H23ClN2O4S2/c1-3-34-27(33)24-17(2)30-28-31(25(24)22-9-6-14-36-22)26(32)23(37-28)15-19-7-4-5-8-21(19)35-16-18-10-12-20(29)13-11-18/h4-15,25H,3,16H2,1-2H3/b23-15+/t25-/m1/s1. The zero-order valence-corrected chi connectivity index (χ0v) is 22.5. The molecule has 0 fully saturated rings. The minimum Gasteiger partial charge on any atom is -0.488 e. The summed E-state index contributed by atoms with van der Waals surface area (Å²) >= 11 is 8.76. The highest BCUT2D eigenvalue weighted by Crippen LogP contribution is 2.33. The Labute approximate surface area is 226 Å². The molecule has 0 N–H and O–H groups in total. The molecule has 4 aromatic rings. The van der Waals surface area contributed by atoms with E-state index < -0.39 is 12.0 Å². The second kappa shape index (κ2) is 10.9. The van der Waals surface area contributed by atoms with Gasteiger partial charge in [0.25, 0.3) is 5.56 Å². The first kappa shape index (κ1) is 25.2. The fourth-order valence-electron chi connectivity index (χ4n) is 4.12. The molecule has 0 unspecified atom stereocenters. The van der Waals surface area contributed by atoms with E-state index in [1.807, 2.05) is 72.1 Å². The van der Waals surface area contributed by atoms with E-state index in [1.165, 1.54) is 22.7 Å². The lowest BCUT2D eigenvalue weighted by Gasteiger charge is -2.23. The molecule has 188 valence electrons. The van der Waals surface area contributed by atoms with E-state index in [2.05, 4.69) is 4.99 Å². The summed E-state index contributed by atoms with van der Waals surface area (Å²) in [5.74, 6) is 0.193. The van der Waals surface area contributed by atoms with Crippen molar-refractivity contribution in [2.45, 2.75) is 26.5 Å². The van der Waals surface area contributed by atoms with E-state index in [4.69, 9.17) is 21.1 Å². The quantitative estimate of drug-likeness (QED) is 0.300. The van der Waals surface area contributed by atoms with Crippen molar-refractivity contribution < 1.29 is 14.3 Å². The fourth-order valence-corrected chi connectivity index (χ4v) is 6.11. The second-order valence-corrected chi connectivity index (χ2v) is 10.7. The first-order valence-electron chi connectivity index (χ1n) is 11.7. The van der Waals surface area contributed by atoms with Crippen LogP contribution in [-0.2, 0) is 16.1 Å². The van der Waals surface area contributed by atoms with Gasteiger partial charge in [0.1, 0.15) is 18.4 Å². The van der Waals surface area contributed by atoms with Crippen molar-refractivity contribution in [3.63, 3.8) is 0 Å². The van der Waals surface area contributed by atoms with Crippen molar-refractivity contribution >= 4 is 46.3 Å². The van der Waals surface area contributed by atoms with Crippen LogP contribution in [0.5, 0.6) is 5.75 Å². The van der Waals surface area contributed by atoms with Crippen LogP contribution in [0.25, 0.3) is 6.08 Å². The first-order valence-corrected chi connectivity index (χ1v) is 13.7. The number of aromatic nitrogens is 1. The summed E-state index contributed by atoms with van der Waals surface area (Å²) in [6.07, 6.45) is 1.82. The van der Waals surface area contributed by atoms with Gasteiger partial charge in [-0.05, 0) is 55.1 Å². The third kappa shape index (κ3) is 5.18. The molecule has 6 nitrogen and oxygen atoms in total. The molecule has 1 aliphatic heterocycles. The number of hydrogen-bond acceptors (Lipinski definition) is 7. The van der Waals surface area contributed by atoms with Gasteiger partial charge in [-0.15, -0.1) is 11.3 Å². The van der Waals surface area contributed by atoms with Crippen LogP contribution in [-0.4, -0.2) is 17.1 Å². The summed E-state index contributed by atoms with van der Waals surface area (Å²) < 4.78 is 13.5. The van der Waals surface area contributed by atoms with Crippen molar-refractivity contribution in [2.75, 3.05) is 6.61 Å². The molecule has 0 saturated carbocycles. The molecule has 0 amide bonds. The Bertz CT molecular complexity index is 1650. The number of ether oxygens (including phenoxy) is 2. The minimum atomic E-state index is -0.589. The number of halogens is 1. The molecule has 5 rings (SSSR count). The largest absolute Gasteiger partial charge is 0.488 e. The number of para-hydroxylation sites is 1. The Morgan fingerprint density at radius 1 is 1.14 bits per heavy atom. The van der Waals surface area contributed by atoms with Gasteiger partial charge in [0, 0.05) is 15.5 Å². The summed E-state index contributed by atoms with van der Waals surface area (Å²) in [4.78, 5) is 32.7. The molecule has 0 radical (unpaired) electrons. The van der Waals surface area contributed by atoms with E-state index in [0.29, 0.717) is 38.0 Å². The number of thiazole rings is 1. The molecule has 0 saturated heterocycles. The highest BCUT2D eigenvalue weighted by Gasteiger charge is 2.33. The van der Waals surface area contributed by atoms with Crippen molar-refractivity contribution in [1.29, 1.82) is 0 Å². The maximum Gasteiger partial charge on any atom is 0.338 e. The summed E-state index contributed by atoms with van der Waals surface area (Å²) in [7, 11) is 0. The Kier molecular flexibility index (Phi) is 7.41. The van der Waals surface area contributed by atoms with Crippen molar-refractivity contribution in [1.82, 2.24) is 4.57 Å². The molecular weight excluding hydrogens is 528 g/mol. The Hall–Kier alpha value is -3.46. The van der Waals surface area contributed by atoms with Gasteiger partial charge < -0.3 is 9.47 Å². The maximum absolute atomic E-state index is 13.7. The van der Waals surface area contributed by atoms with Crippen LogP contribution in [0.2, 0.25) is 5.02 Å². The third-order valence-electron chi connectivity index (χ3n) is 5.84. The van der Waals surface area contributed by atoms with Gasteiger partial charge in [-0.3, -0.25) is 9.36 Å². The molecule has 1 aliphatic rings. The number of thiophene rings is 1. The third-order valence-corrected chi connectivity index (χ3v) is 8.00. The molecule has 37 heavy (non-hydrogen) atoms. The molecule has 9 heteroatoms. The van der Waals surface area contributed by atoms with Gasteiger partial charge in [0.2, 0.25) is 0 Å². The zero-order valence-electron chi connectivity index (χ0n) is 20.1. The fraction of sp³-hybridized carbons (Fsp3) is 0.179. The van der Waals surface area contributed by atoms with E-state index in [-0.39, 0.29) is 12.2 Å². The Morgan fingerprint density at radius 2 is 1.92 bits per heavy atom. The average Bonchev–Trinajstić information content (AvgIpc) is 3.52. The van der Waals surface area contributed by atoms with Crippen molar-refractivity contribution in [3.8, 4) is 5.75 Å². The van der Waals surface area contributed by atoms with Gasteiger partial charge >= 0.3 is 5.97 Å². The molecule has 3 heterocycles. The Balaban J connectivity index is 1.56. The monoisotopic (exact) mass is 550 g/mol. The van der Waals surface area contributed by atoms with Crippen LogP contribution in [0, 0.1) is 0 Å². The summed E-state index contributed by atoms with van der Waals surface area (Å²) in [5.41, 5.74) is 2.47. The van der Waals surface area contributed by atoms with Gasteiger partial charge in [-0.25, -0.2) is 9.79 Å². The van der Waals surface area contributed by atoms with Crippen LogP contribution in [0.1, 0.15) is 35.9 Å². The van der Waals surface area contributed by atoms with Gasteiger partial charge in [-0.2, -0.15) is 0 Å². The van der Waals surface area contributed by atoms with Gasteiger partial charge in [0.05, 0.1) is 22.4 Å². The van der Waals surface area contributed by atoms with E-state index >= 15 is 0 Å². The molecular formula is C28H23ClN2O4S2. The second-order valence-electron chi connectivity index (χ2n) is 8.27. The number of allylic oxidation sites excluding steroid dienone is 1. The Morgan fingerprint density at radius 3 is 2.65 bits per heavy atom.